The first-order chi connectivity index (χ1) is 12.6. The van der Waals surface area contributed by atoms with E-state index < -0.39 is 0 Å². The number of aryl methyl sites for hydroxylation is 1. The van der Waals surface area contributed by atoms with E-state index in [9.17, 15) is 9.59 Å². The van der Waals surface area contributed by atoms with Crippen molar-refractivity contribution >= 4 is 23.2 Å². The number of nitrogens with zero attached hydrogens (tertiary/aromatic N) is 2. The summed E-state index contributed by atoms with van der Waals surface area (Å²) in [7, 11) is 0. The number of carbonyl (C=O) groups excluding carboxylic acids is 2. The Morgan fingerprint density at radius 3 is 2.50 bits per heavy atom. The number of para-hydroxylation sites is 2. The van der Waals surface area contributed by atoms with E-state index in [1.54, 1.807) is 4.90 Å². The Kier molecular flexibility index (Phi) is 5.71. The van der Waals surface area contributed by atoms with E-state index >= 15 is 0 Å². The Morgan fingerprint density at radius 1 is 1.12 bits per heavy atom. The Balaban J connectivity index is 1.80. The van der Waals surface area contributed by atoms with Crippen LogP contribution in [0.2, 0.25) is 0 Å². The molecule has 0 N–H and O–H groups in total. The fourth-order valence-corrected chi connectivity index (χ4v) is 3.48. The van der Waals surface area contributed by atoms with Gasteiger partial charge in [-0.25, -0.2) is 0 Å². The van der Waals surface area contributed by atoms with Crippen LogP contribution < -0.4 is 9.80 Å². The van der Waals surface area contributed by atoms with Crippen LogP contribution in [-0.2, 0) is 9.59 Å². The molecule has 4 heteroatoms. The summed E-state index contributed by atoms with van der Waals surface area (Å²) in [6, 6.07) is 17.6. The van der Waals surface area contributed by atoms with Gasteiger partial charge < -0.3 is 9.80 Å². The molecule has 0 spiro atoms. The Labute approximate surface area is 155 Å². The maximum Gasteiger partial charge on any atom is 0.232 e. The summed E-state index contributed by atoms with van der Waals surface area (Å²) in [6.07, 6.45) is 2.25. The first-order valence-corrected chi connectivity index (χ1v) is 9.34. The van der Waals surface area contributed by atoms with E-state index in [1.807, 2.05) is 66.4 Å². The summed E-state index contributed by atoms with van der Waals surface area (Å²) in [5.41, 5.74) is 2.88. The first-order valence-electron chi connectivity index (χ1n) is 9.34. The summed E-state index contributed by atoms with van der Waals surface area (Å²) >= 11 is 0. The number of benzene rings is 2. The molecule has 2 aromatic carbocycles. The highest BCUT2D eigenvalue weighted by Crippen LogP contribution is 2.30. The van der Waals surface area contributed by atoms with Gasteiger partial charge in [0, 0.05) is 30.9 Å². The maximum absolute atomic E-state index is 13.2. The van der Waals surface area contributed by atoms with E-state index in [0.29, 0.717) is 13.1 Å². The zero-order valence-corrected chi connectivity index (χ0v) is 15.5. The van der Waals surface area contributed by atoms with E-state index in [-0.39, 0.29) is 24.2 Å². The van der Waals surface area contributed by atoms with Crippen molar-refractivity contribution in [2.75, 3.05) is 22.9 Å². The summed E-state index contributed by atoms with van der Waals surface area (Å²) in [6.45, 7) is 5.26. The molecule has 3 rings (SSSR count). The van der Waals surface area contributed by atoms with E-state index in [2.05, 4.69) is 6.92 Å². The van der Waals surface area contributed by atoms with Crippen LogP contribution in [0.4, 0.5) is 11.4 Å². The predicted octanol–water partition coefficient (Wildman–Crippen LogP) is 4.18. The van der Waals surface area contributed by atoms with Gasteiger partial charge in [-0.05, 0) is 37.1 Å². The molecule has 1 atom stereocenters. The van der Waals surface area contributed by atoms with Crippen molar-refractivity contribution in [1.82, 2.24) is 0 Å². The third-order valence-corrected chi connectivity index (χ3v) is 4.95. The van der Waals surface area contributed by atoms with Gasteiger partial charge >= 0.3 is 0 Å². The number of amides is 2. The molecule has 1 saturated heterocycles. The van der Waals surface area contributed by atoms with Crippen LogP contribution >= 0.6 is 0 Å². The number of rotatable bonds is 6. The third-order valence-electron chi connectivity index (χ3n) is 4.95. The van der Waals surface area contributed by atoms with Crippen LogP contribution in [0.15, 0.2) is 54.6 Å². The summed E-state index contributed by atoms with van der Waals surface area (Å²) in [4.78, 5) is 29.4. The molecule has 1 heterocycles. The number of hydrogen-bond donors (Lipinski definition) is 0. The SMILES string of the molecule is CCCCN(C(=O)[C@@H]1CC(=O)N(c2ccccc2C)C1)c1ccccc1. The summed E-state index contributed by atoms with van der Waals surface area (Å²) in [5.74, 6) is -0.214. The van der Waals surface area contributed by atoms with Crippen molar-refractivity contribution in [2.45, 2.75) is 33.1 Å². The van der Waals surface area contributed by atoms with Gasteiger partial charge in [0.15, 0.2) is 0 Å². The second-order valence-electron chi connectivity index (χ2n) is 6.87. The lowest BCUT2D eigenvalue weighted by atomic mass is 10.1. The molecule has 136 valence electrons. The lowest BCUT2D eigenvalue weighted by Gasteiger charge is -2.26. The second-order valence-corrected chi connectivity index (χ2v) is 6.87. The molecule has 0 bridgehead atoms. The number of unbranched alkanes of at least 4 members (excludes halogenated alkanes) is 1. The van der Waals surface area contributed by atoms with Crippen LogP contribution in [0.3, 0.4) is 0 Å². The van der Waals surface area contributed by atoms with Gasteiger partial charge in [-0.1, -0.05) is 49.7 Å². The highest BCUT2D eigenvalue weighted by Gasteiger charge is 2.37. The van der Waals surface area contributed by atoms with E-state index in [4.69, 9.17) is 0 Å². The van der Waals surface area contributed by atoms with Gasteiger partial charge in [0.05, 0.1) is 5.92 Å². The molecule has 0 saturated carbocycles. The van der Waals surface area contributed by atoms with Crippen LogP contribution in [0.5, 0.6) is 0 Å². The molecule has 0 aromatic heterocycles. The summed E-state index contributed by atoms with van der Waals surface area (Å²) < 4.78 is 0. The third kappa shape index (κ3) is 3.79. The largest absolute Gasteiger partial charge is 0.312 e. The lowest BCUT2D eigenvalue weighted by Crippen LogP contribution is -2.38. The average Bonchev–Trinajstić information content (AvgIpc) is 3.05. The Hall–Kier alpha value is -2.62. The van der Waals surface area contributed by atoms with Crippen molar-refractivity contribution in [3.05, 3.63) is 60.2 Å². The molecule has 0 unspecified atom stereocenters. The fraction of sp³-hybridized carbons (Fsp3) is 0.364. The molecule has 2 amide bonds. The highest BCUT2D eigenvalue weighted by molar-refractivity contribution is 6.04. The van der Waals surface area contributed by atoms with Gasteiger partial charge in [-0.15, -0.1) is 0 Å². The topological polar surface area (TPSA) is 40.6 Å². The molecular formula is C22H26N2O2. The van der Waals surface area contributed by atoms with E-state index in [1.165, 1.54) is 0 Å². The molecule has 26 heavy (non-hydrogen) atoms. The molecule has 1 aliphatic heterocycles. The zero-order chi connectivity index (χ0) is 18.5. The monoisotopic (exact) mass is 350 g/mol. The first kappa shape index (κ1) is 18.2. The van der Waals surface area contributed by atoms with Gasteiger partial charge in [-0.3, -0.25) is 9.59 Å². The Bertz CT molecular complexity index is 773. The molecule has 0 radical (unpaired) electrons. The van der Waals surface area contributed by atoms with Crippen LogP contribution in [0.25, 0.3) is 0 Å². The van der Waals surface area contributed by atoms with Crippen molar-refractivity contribution in [1.29, 1.82) is 0 Å². The van der Waals surface area contributed by atoms with Crippen molar-refractivity contribution in [3.63, 3.8) is 0 Å². The smallest absolute Gasteiger partial charge is 0.232 e. The van der Waals surface area contributed by atoms with Gasteiger partial charge in [0.2, 0.25) is 11.8 Å². The number of carbonyl (C=O) groups is 2. The standard InChI is InChI=1S/C22H26N2O2/c1-3-4-14-23(19-11-6-5-7-12-19)22(26)18-15-21(25)24(16-18)20-13-9-8-10-17(20)2/h5-13,18H,3-4,14-16H2,1-2H3/t18-/m1/s1. The molecule has 2 aromatic rings. The van der Waals surface area contributed by atoms with Crippen LogP contribution in [0, 0.1) is 12.8 Å². The molecule has 1 aliphatic rings. The molecular weight excluding hydrogens is 324 g/mol. The van der Waals surface area contributed by atoms with Gasteiger partial charge in [0.1, 0.15) is 0 Å². The van der Waals surface area contributed by atoms with Gasteiger partial charge in [-0.2, -0.15) is 0 Å². The lowest BCUT2D eigenvalue weighted by molar-refractivity contribution is -0.124. The van der Waals surface area contributed by atoms with Crippen molar-refractivity contribution < 1.29 is 9.59 Å². The maximum atomic E-state index is 13.2. The normalized spacial score (nSPS) is 16.8. The molecule has 0 aliphatic carbocycles. The summed E-state index contributed by atoms with van der Waals surface area (Å²) in [5, 5.41) is 0. The second kappa shape index (κ2) is 8.17. The average molecular weight is 350 g/mol. The molecule has 4 nitrogen and oxygen atoms in total. The minimum absolute atomic E-state index is 0.0288. The number of hydrogen-bond acceptors (Lipinski definition) is 2. The van der Waals surface area contributed by atoms with E-state index in [0.717, 1.165) is 29.8 Å². The van der Waals surface area contributed by atoms with Crippen LogP contribution in [-0.4, -0.2) is 24.9 Å². The van der Waals surface area contributed by atoms with Crippen molar-refractivity contribution in [2.24, 2.45) is 5.92 Å². The van der Waals surface area contributed by atoms with Crippen LogP contribution in [0.1, 0.15) is 31.7 Å². The highest BCUT2D eigenvalue weighted by atomic mass is 16.2. The zero-order valence-electron chi connectivity index (χ0n) is 15.5. The van der Waals surface area contributed by atoms with Crippen molar-refractivity contribution in [3.8, 4) is 0 Å². The number of anilines is 2. The van der Waals surface area contributed by atoms with Gasteiger partial charge in [0.25, 0.3) is 0 Å². The predicted molar refractivity (Wildman–Crippen MR) is 105 cm³/mol. The molecule has 1 fully saturated rings. The minimum atomic E-state index is -0.292. The Morgan fingerprint density at radius 2 is 1.81 bits per heavy atom. The minimum Gasteiger partial charge on any atom is -0.312 e. The quantitative estimate of drug-likeness (QED) is 0.784. The fourth-order valence-electron chi connectivity index (χ4n) is 3.48.